The first kappa shape index (κ1) is 20.4. The van der Waals surface area contributed by atoms with Gasteiger partial charge in [0.1, 0.15) is 5.75 Å². The number of ether oxygens (including phenoxy) is 1. The third-order valence-electron chi connectivity index (χ3n) is 4.77. The smallest absolute Gasteiger partial charge is 0.175 e. The lowest BCUT2D eigenvalue weighted by molar-refractivity contribution is 0.276. The molecule has 2 aromatic rings. The summed E-state index contributed by atoms with van der Waals surface area (Å²) in [4.78, 5) is 2.46. The van der Waals surface area contributed by atoms with Crippen LogP contribution in [-0.2, 0) is 9.84 Å². The molecule has 0 amide bonds. The highest BCUT2D eigenvalue weighted by Crippen LogP contribution is 2.33. The van der Waals surface area contributed by atoms with Crippen molar-refractivity contribution in [1.82, 2.24) is 15.3 Å². The van der Waals surface area contributed by atoms with Crippen LogP contribution in [0.25, 0.3) is 11.3 Å². The Morgan fingerprint density at radius 3 is 2.18 bits per heavy atom. The van der Waals surface area contributed by atoms with Gasteiger partial charge in [0.25, 0.3) is 0 Å². The van der Waals surface area contributed by atoms with Gasteiger partial charge in [-0.05, 0) is 49.5 Å². The number of nitrogens with zero attached hydrogens (tertiary/aromatic N) is 2. The van der Waals surface area contributed by atoms with E-state index in [2.05, 4.69) is 27.5 Å². The predicted octanol–water partition coefficient (Wildman–Crippen LogP) is 2.35. The Morgan fingerprint density at radius 2 is 1.64 bits per heavy atom. The van der Waals surface area contributed by atoms with Crippen molar-refractivity contribution in [2.45, 2.75) is 4.90 Å². The molecular formula is C21H27N3O3S. The largest absolute Gasteiger partial charge is 0.497 e. The molecule has 0 aliphatic carbocycles. The lowest BCUT2D eigenvalue weighted by atomic mass is 10.00. The Morgan fingerprint density at radius 1 is 1.04 bits per heavy atom. The summed E-state index contributed by atoms with van der Waals surface area (Å²) in [7, 11) is 2.53. The van der Waals surface area contributed by atoms with E-state index < -0.39 is 9.84 Å². The third kappa shape index (κ3) is 4.55. The SMILES string of the molecule is COc1ccc(C2=C(c3ccc(S(C)(=O)=O)cc3)N(CCN(C)C)NC2)cc1. The average Bonchev–Trinajstić information content (AvgIpc) is 3.09. The van der Waals surface area contributed by atoms with Crippen molar-refractivity contribution in [2.75, 3.05) is 47.1 Å². The normalized spacial score (nSPS) is 14.8. The second-order valence-electron chi connectivity index (χ2n) is 7.14. The highest BCUT2D eigenvalue weighted by Gasteiger charge is 2.25. The maximum absolute atomic E-state index is 11.8. The quantitative estimate of drug-likeness (QED) is 0.769. The average molecular weight is 402 g/mol. The first-order chi connectivity index (χ1) is 13.3. The van der Waals surface area contributed by atoms with Crippen LogP contribution in [0.15, 0.2) is 53.4 Å². The van der Waals surface area contributed by atoms with Gasteiger partial charge in [-0.1, -0.05) is 24.3 Å². The van der Waals surface area contributed by atoms with Crippen molar-refractivity contribution in [3.05, 3.63) is 59.7 Å². The van der Waals surface area contributed by atoms with Crippen LogP contribution in [0.4, 0.5) is 0 Å². The number of likely N-dealkylation sites (N-methyl/N-ethyl adjacent to an activating group) is 1. The van der Waals surface area contributed by atoms with Gasteiger partial charge in [0.2, 0.25) is 0 Å². The molecule has 0 fully saturated rings. The zero-order valence-corrected chi connectivity index (χ0v) is 17.6. The number of hydrogen-bond donors (Lipinski definition) is 1. The molecule has 1 N–H and O–H groups in total. The van der Waals surface area contributed by atoms with Crippen LogP contribution < -0.4 is 10.2 Å². The van der Waals surface area contributed by atoms with Gasteiger partial charge in [-0.15, -0.1) is 0 Å². The summed E-state index contributed by atoms with van der Waals surface area (Å²) < 4.78 is 28.9. The van der Waals surface area contributed by atoms with Crippen molar-refractivity contribution < 1.29 is 13.2 Å². The molecule has 28 heavy (non-hydrogen) atoms. The molecule has 1 aliphatic heterocycles. The molecule has 0 unspecified atom stereocenters. The van der Waals surface area contributed by atoms with E-state index in [1.165, 1.54) is 11.8 Å². The number of rotatable bonds is 7. The Hall–Kier alpha value is -2.35. The highest BCUT2D eigenvalue weighted by molar-refractivity contribution is 7.90. The number of sulfone groups is 1. The number of hydrazine groups is 1. The van der Waals surface area contributed by atoms with Crippen LogP contribution in [-0.4, -0.2) is 65.4 Å². The van der Waals surface area contributed by atoms with Crippen LogP contribution in [0.5, 0.6) is 5.75 Å². The summed E-state index contributed by atoms with van der Waals surface area (Å²) in [5.74, 6) is 0.818. The van der Waals surface area contributed by atoms with Crippen LogP contribution in [0.3, 0.4) is 0 Å². The monoisotopic (exact) mass is 401 g/mol. The number of benzene rings is 2. The Labute approximate surface area is 167 Å². The van der Waals surface area contributed by atoms with Gasteiger partial charge in [0, 0.05) is 31.5 Å². The first-order valence-electron chi connectivity index (χ1n) is 9.13. The van der Waals surface area contributed by atoms with Crippen molar-refractivity contribution in [3.63, 3.8) is 0 Å². The van der Waals surface area contributed by atoms with E-state index in [1.54, 1.807) is 19.2 Å². The summed E-state index contributed by atoms with van der Waals surface area (Å²) in [6, 6.07) is 15.1. The fourth-order valence-corrected chi connectivity index (χ4v) is 3.84. The van der Waals surface area contributed by atoms with E-state index in [0.717, 1.165) is 35.7 Å². The van der Waals surface area contributed by atoms with Gasteiger partial charge in [0.15, 0.2) is 9.84 Å². The van der Waals surface area contributed by atoms with Crippen molar-refractivity contribution in [1.29, 1.82) is 0 Å². The van der Waals surface area contributed by atoms with Gasteiger partial charge in [-0.25, -0.2) is 13.8 Å². The highest BCUT2D eigenvalue weighted by atomic mass is 32.2. The minimum absolute atomic E-state index is 0.327. The first-order valence-corrected chi connectivity index (χ1v) is 11.0. The Balaban J connectivity index is 2.03. The molecule has 0 aromatic heterocycles. The topological polar surface area (TPSA) is 61.9 Å². The Bertz CT molecular complexity index is 949. The summed E-state index contributed by atoms with van der Waals surface area (Å²) in [6.45, 7) is 2.42. The minimum atomic E-state index is -3.22. The van der Waals surface area contributed by atoms with Crippen LogP contribution in [0.2, 0.25) is 0 Å². The number of hydrogen-bond acceptors (Lipinski definition) is 6. The van der Waals surface area contributed by atoms with E-state index in [9.17, 15) is 8.42 Å². The van der Waals surface area contributed by atoms with Crippen LogP contribution in [0.1, 0.15) is 11.1 Å². The van der Waals surface area contributed by atoms with Crippen molar-refractivity contribution >= 4 is 21.1 Å². The molecule has 2 aromatic carbocycles. The molecule has 6 nitrogen and oxygen atoms in total. The standard InChI is InChI=1S/C21H27N3O3S/c1-23(2)13-14-24-21(17-7-11-19(12-8-17)28(4,25)26)20(15-22-24)16-5-9-18(27-3)10-6-16/h5-12,22H,13-15H2,1-4H3. The lowest BCUT2D eigenvalue weighted by Gasteiger charge is -2.24. The molecule has 0 spiro atoms. The van der Waals surface area contributed by atoms with Gasteiger partial charge < -0.3 is 14.6 Å². The van der Waals surface area contributed by atoms with E-state index in [-0.39, 0.29) is 0 Å². The zero-order valence-electron chi connectivity index (χ0n) is 16.8. The molecule has 150 valence electrons. The molecule has 0 saturated heterocycles. The van der Waals surface area contributed by atoms with E-state index in [4.69, 9.17) is 4.74 Å². The summed E-state index contributed by atoms with van der Waals surface area (Å²) in [5.41, 5.74) is 7.82. The zero-order chi connectivity index (χ0) is 20.3. The molecule has 0 radical (unpaired) electrons. The molecule has 1 heterocycles. The minimum Gasteiger partial charge on any atom is -0.497 e. The maximum Gasteiger partial charge on any atom is 0.175 e. The fraction of sp³-hybridized carbons (Fsp3) is 0.333. The van der Waals surface area contributed by atoms with Crippen molar-refractivity contribution in [3.8, 4) is 5.75 Å². The predicted molar refractivity (Wildman–Crippen MR) is 113 cm³/mol. The second-order valence-corrected chi connectivity index (χ2v) is 9.16. The Kier molecular flexibility index (Phi) is 6.07. The molecule has 1 aliphatic rings. The second kappa shape index (κ2) is 8.34. The van der Waals surface area contributed by atoms with Crippen LogP contribution >= 0.6 is 0 Å². The summed E-state index contributed by atoms with van der Waals surface area (Å²) >= 11 is 0. The molecular weight excluding hydrogens is 374 g/mol. The molecule has 7 heteroatoms. The van der Waals surface area contributed by atoms with Gasteiger partial charge in [-0.3, -0.25) is 0 Å². The van der Waals surface area contributed by atoms with Gasteiger partial charge in [0.05, 0.1) is 17.7 Å². The van der Waals surface area contributed by atoms with E-state index in [1.807, 2.05) is 38.4 Å². The van der Waals surface area contributed by atoms with E-state index in [0.29, 0.717) is 11.4 Å². The summed E-state index contributed by atoms with van der Waals surface area (Å²) in [6.07, 6.45) is 1.23. The van der Waals surface area contributed by atoms with E-state index >= 15 is 0 Å². The number of methoxy groups -OCH3 is 1. The lowest BCUT2D eigenvalue weighted by Crippen LogP contribution is -2.36. The molecule has 0 bridgehead atoms. The van der Waals surface area contributed by atoms with Crippen molar-refractivity contribution in [2.24, 2.45) is 0 Å². The summed E-state index contributed by atoms with van der Waals surface area (Å²) in [5, 5.41) is 2.15. The molecule has 0 saturated carbocycles. The molecule has 3 rings (SSSR count). The fourth-order valence-electron chi connectivity index (χ4n) is 3.21. The van der Waals surface area contributed by atoms with Crippen LogP contribution in [0, 0.1) is 0 Å². The molecule has 0 atom stereocenters. The maximum atomic E-state index is 11.8. The van der Waals surface area contributed by atoms with Gasteiger partial charge >= 0.3 is 0 Å². The van der Waals surface area contributed by atoms with Gasteiger partial charge in [-0.2, -0.15) is 0 Å². The third-order valence-corrected chi connectivity index (χ3v) is 5.90. The number of nitrogens with one attached hydrogen (secondary N) is 1.